The van der Waals surface area contributed by atoms with Crippen LogP contribution in [0.1, 0.15) is 57.4 Å². The maximum atomic E-state index is 12.7. The van der Waals surface area contributed by atoms with Gasteiger partial charge in [-0.05, 0) is 50.9 Å². The minimum atomic E-state index is 0.116. The van der Waals surface area contributed by atoms with E-state index in [1.54, 1.807) is 6.20 Å². The zero-order valence-corrected chi connectivity index (χ0v) is 16.6. The van der Waals surface area contributed by atoms with Crippen molar-refractivity contribution in [3.05, 3.63) is 12.3 Å². The largest absolute Gasteiger partial charge is 0.343 e. The number of likely N-dealkylation sites (tertiary alicyclic amines) is 2. The molecule has 2 aliphatic heterocycles. The third-order valence-electron chi connectivity index (χ3n) is 7.17. The standard InChI is InChI=1S/C21H31N5O2/c27-20(8-12-25-14-15-1-4-18(25)13-15)24-10-6-17(7-11-24)26-19(5-9-22-26)23-21(28)16-2-3-16/h5,9,15-18H,1-4,6-8,10-14H2,(H,23,28)/t15-,18-/m0/s1. The molecule has 3 heterocycles. The summed E-state index contributed by atoms with van der Waals surface area (Å²) in [6.07, 6.45) is 10.3. The van der Waals surface area contributed by atoms with E-state index in [9.17, 15) is 9.59 Å². The molecule has 2 saturated heterocycles. The minimum Gasteiger partial charge on any atom is -0.343 e. The van der Waals surface area contributed by atoms with E-state index in [0.29, 0.717) is 12.3 Å². The van der Waals surface area contributed by atoms with Crippen molar-refractivity contribution in [2.45, 2.75) is 63.5 Å². The van der Waals surface area contributed by atoms with Crippen molar-refractivity contribution in [3.63, 3.8) is 0 Å². The Morgan fingerprint density at radius 3 is 2.57 bits per heavy atom. The molecule has 1 aromatic rings. The lowest BCUT2D eigenvalue weighted by atomic mass is 10.0. The second kappa shape index (κ2) is 7.50. The molecule has 28 heavy (non-hydrogen) atoms. The molecule has 0 spiro atoms. The Balaban J connectivity index is 1.10. The van der Waals surface area contributed by atoms with E-state index in [4.69, 9.17) is 0 Å². The fourth-order valence-corrected chi connectivity index (χ4v) is 5.34. The van der Waals surface area contributed by atoms with E-state index >= 15 is 0 Å². The molecule has 7 nitrogen and oxygen atoms in total. The normalized spacial score (nSPS) is 28.1. The van der Waals surface area contributed by atoms with E-state index in [0.717, 1.165) is 63.1 Å². The van der Waals surface area contributed by atoms with Gasteiger partial charge in [-0.2, -0.15) is 5.10 Å². The van der Waals surface area contributed by atoms with E-state index in [-0.39, 0.29) is 17.9 Å². The van der Waals surface area contributed by atoms with E-state index < -0.39 is 0 Å². The highest BCUT2D eigenvalue weighted by molar-refractivity contribution is 5.93. The Kier molecular flexibility index (Phi) is 4.87. The predicted octanol–water partition coefficient (Wildman–Crippen LogP) is 2.27. The summed E-state index contributed by atoms with van der Waals surface area (Å²) in [6.45, 7) is 3.70. The molecule has 7 heteroatoms. The smallest absolute Gasteiger partial charge is 0.228 e. The van der Waals surface area contributed by atoms with Crippen LogP contribution in [0, 0.1) is 11.8 Å². The molecule has 0 unspecified atom stereocenters. The van der Waals surface area contributed by atoms with Crippen molar-refractivity contribution in [1.82, 2.24) is 19.6 Å². The number of hydrogen-bond acceptors (Lipinski definition) is 4. The summed E-state index contributed by atoms with van der Waals surface area (Å²) < 4.78 is 1.95. The molecule has 4 fully saturated rings. The predicted molar refractivity (Wildman–Crippen MR) is 106 cm³/mol. The van der Waals surface area contributed by atoms with Gasteiger partial charge in [0.1, 0.15) is 5.82 Å². The van der Waals surface area contributed by atoms with Crippen LogP contribution in [0.25, 0.3) is 0 Å². The molecule has 0 aromatic carbocycles. The number of anilines is 1. The van der Waals surface area contributed by atoms with Gasteiger partial charge in [-0.1, -0.05) is 0 Å². The van der Waals surface area contributed by atoms with Gasteiger partial charge in [0.05, 0.1) is 12.2 Å². The van der Waals surface area contributed by atoms with Crippen molar-refractivity contribution in [2.75, 3.05) is 31.5 Å². The Labute approximate surface area is 166 Å². The first-order chi connectivity index (χ1) is 13.7. The number of carbonyl (C=O) groups excluding carboxylic acids is 2. The Bertz CT molecular complexity index is 735. The van der Waals surface area contributed by atoms with Crippen molar-refractivity contribution in [1.29, 1.82) is 0 Å². The van der Waals surface area contributed by atoms with Gasteiger partial charge < -0.3 is 10.2 Å². The monoisotopic (exact) mass is 385 g/mol. The molecule has 1 N–H and O–H groups in total. The second-order valence-corrected chi connectivity index (χ2v) is 9.11. The molecule has 2 atom stereocenters. The summed E-state index contributed by atoms with van der Waals surface area (Å²) in [5.41, 5.74) is 0. The number of carbonyl (C=O) groups is 2. The molecule has 2 aliphatic carbocycles. The van der Waals surface area contributed by atoms with Crippen LogP contribution in [-0.2, 0) is 9.59 Å². The molecular formula is C21H31N5O2. The first-order valence-corrected chi connectivity index (χ1v) is 11.0. The number of fused-ring (bicyclic) bond motifs is 2. The number of piperidine rings is 2. The third-order valence-corrected chi connectivity index (χ3v) is 7.17. The number of nitrogens with zero attached hydrogens (tertiary/aromatic N) is 4. The van der Waals surface area contributed by atoms with Gasteiger partial charge in [0, 0.05) is 50.6 Å². The zero-order chi connectivity index (χ0) is 19.1. The Morgan fingerprint density at radius 2 is 1.89 bits per heavy atom. The average molecular weight is 386 g/mol. The molecule has 4 aliphatic rings. The highest BCUT2D eigenvalue weighted by Crippen LogP contribution is 2.37. The van der Waals surface area contributed by atoms with Gasteiger partial charge in [-0.3, -0.25) is 14.5 Å². The number of amides is 2. The van der Waals surface area contributed by atoms with Crippen LogP contribution < -0.4 is 5.32 Å². The van der Waals surface area contributed by atoms with Gasteiger partial charge in [0.2, 0.25) is 11.8 Å². The zero-order valence-electron chi connectivity index (χ0n) is 16.6. The fraction of sp³-hybridized carbons (Fsp3) is 0.762. The summed E-state index contributed by atoms with van der Waals surface area (Å²) in [7, 11) is 0. The molecule has 5 rings (SSSR count). The van der Waals surface area contributed by atoms with Crippen LogP contribution in [0.3, 0.4) is 0 Å². The molecule has 2 amide bonds. The topological polar surface area (TPSA) is 70.5 Å². The Hall–Kier alpha value is -1.89. The maximum absolute atomic E-state index is 12.7. The van der Waals surface area contributed by atoms with Gasteiger partial charge in [0.15, 0.2) is 0 Å². The maximum Gasteiger partial charge on any atom is 0.228 e. The van der Waals surface area contributed by atoms with Gasteiger partial charge >= 0.3 is 0 Å². The van der Waals surface area contributed by atoms with Crippen LogP contribution in [-0.4, -0.2) is 63.6 Å². The van der Waals surface area contributed by atoms with Crippen molar-refractivity contribution < 1.29 is 9.59 Å². The van der Waals surface area contributed by atoms with E-state index in [2.05, 4.69) is 15.3 Å². The molecular weight excluding hydrogens is 354 g/mol. The lowest BCUT2D eigenvalue weighted by molar-refractivity contribution is -0.133. The summed E-state index contributed by atoms with van der Waals surface area (Å²) in [6, 6.07) is 2.87. The van der Waals surface area contributed by atoms with Crippen LogP contribution in [0.5, 0.6) is 0 Å². The highest BCUT2D eigenvalue weighted by Gasteiger charge is 2.37. The Morgan fingerprint density at radius 1 is 1.07 bits per heavy atom. The second-order valence-electron chi connectivity index (χ2n) is 9.11. The van der Waals surface area contributed by atoms with Crippen LogP contribution in [0.2, 0.25) is 0 Å². The molecule has 152 valence electrons. The average Bonchev–Trinajstić information content (AvgIpc) is 3.12. The highest BCUT2D eigenvalue weighted by atomic mass is 16.2. The van der Waals surface area contributed by atoms with Crippen LogP contribution in [0.4, 0.5) is 5.82 Å². The SMILES string of the molecule is O=C(Nc1ccnn1C1CCN(C(=O)CCN2C[C@H]3CC[C@H]2C3)CC1)C1CC1. The van der Waals surface area contributed by atoms with Crippen molar-refractivity contribution >= 4 is 17.6 Å². The van der Waals surface area contributed by atoms with Gasteiger partial charge in [0.25, 0.3) is 0 Å². The van der Waals surface area contributed by atoms with Gasteiger partial charge in [-0.15, -0.1) is 0 Å². The van der Waals surface area contributed by atoms with E-state index in [1.165, 1.54) is 25.8 Å². The quantitative estimate of drug-likeness (QED) is 0.816. The number of nitrogens with one attached hydrogen (secondary N) is 1. The lowest BCUT2D eigenvalue weighted by Gasteiger charge is -2.33. The third kappa shape index (κ3) is 3.69. The summed E-state index contributed by atoms with van der Waals surface area (Å²) in [4.78, 5) is 29.3. The first-order valence-electron chi connectivity index (χ1n) is 11.0. The van der Waals surface area contributed by atoms with Gasteiger partial charge in [-0.25, -0.2) is 4.68 Å². The van der Waals surface area contributed by atoms with Crippen molar-refractivity contribution in [2.24, 2.45) is 11.8 Å². The molecule has 2 saturated carbocycles. The summed E-state index contributed by atoms with van der Waals surface area (Å²) >= 11 is 0. The minimum absolute atomic E-state index is 0.116. The van der Waals surface area contributed by atoms with Crippen LogP contribution in [0.15, 0.2) is 12.3 Å². The summed E-state index contributed by atoms with van der Waals surface area (Å²) in [5, 5.41) is 7.47. The number of hydrogen-bond donors (Lipinski definition) is 1. The fourth-order valence-electron chi connectivity index (χ4n) is 5.34. The molecule has 2 bridgehead atoms. The molecule has 0 radical (unpaired) electrons. The van der Waals surface area contributed by atoms with Crippen LogP contribution >= 0.6 is 0 Å². The molecule has 1 aromatic heterocycles. The lowest BCUT2D eigenvalue weighted by Crippen LogP contribution is -2.41. The number of rotatable bonds is 6. The first kappa shape index (κ1) is 18.2. The van der Waals surface area contributed by atoms with Crippen molar-refractivity contribution in [3.8, 4) is 0 Å². The number of aromatic nitrogens is 2. The summed E-state index contributed by atoms with van der Waals surface area (Å²) in [5.74, 6) is 2.29. The van der Waals surface area contributed by atoms with E-state index in [1.807, 2.05) is 15.6 Å².